The summed E-state index contributed by atoms with van der Waals surface area (Å²) < 4.78 is 11.0. The average molecular weight is 411 g/mol. The molecule has 0 aliphatic heterocycles. The fraction of sp³-hybridized carbons (Fsp3) is 0.538. The third kappa shape index (κ3) is 6.75. The lowest BCUT2D eigenvalue weighted by Gasteiger charge is -2.27. The highest BCUT2D eigenvalue weighted by Crippen LogP contribution is 2.37. The van der Waals surface area contributed by atoms with Gasteiger partial charge in [-0.3, -0.25) is 0 Å². The van der Waals surface area contributed by atoms with Gasteiger partial charge in [-0.2, -0.15) is 0 Å². The number of hydrogen-bond donors (Lipinski definition) is 2. The fourth-order valence-corrected chi connectivity index (χ4v) is 4.39. The van der Waals surface area contributed by atoms with Crippen molar-refractivity contribution in [1.29, 1.82) is 0 Å². The zero-order valence-electron chi connectivity index (χ0n) is 18.7. The quantitative estimate of drug-likeness (QED) is 0.476. The number of methoxy groups -OCH3 is 2. The van der Waals surface area contributed by atoms with Crippen LogP contribution in [0.1, 0.15) is 48.8 Å². The van der Waals surface area contributed by atoms with Gasteiger partial charge in [-0.1, -0.05) is 49.2 Å². The highest BCUT2D eigenvalue weighted by atomic mass is 16.5. The van der Waals surface area contributed by atoms with Crippen LogP contribution in [-0.4, -0.2) is 39.9 Å². The Labute approximate surface area is 182 Å². The Balaban J connectivity index is 1.23. The van der Waals surface area contributed by atoms with Gasteiger partial charge in [-0.15, -0.1) is 0 Å². The Morgan fingerprint density at radius 3 is 2.43 bits per heavy atom. The molecule has 0 saturated carbocycles. The molecular formula is C26H38N2O2. The minimum Gasteiger partial charge on any atom is -0.493 e. The second-order valence-corrected chi connectivity index (χ2v) is 8.23. The van der Waals surface area contributed by atoms with Crippen molar-refractivity contribution in [3.05, 3.63) is 59.2 Å². The zero-order chi connectivity index (χ0) is 21.0. The monoisotopic (exact) mass is 410 g/mol. The van der Waals surface area contributed by atoms with Crippen LogP contribution in [0.5, 0.6) is 11.5 Å². The van der Waals surface area contributed by atoms with Crippen molar-refractivity contribution in [1.82, 2.24) is 10.6 Å². The largest absolute Gasteiger partial charge is 0.493 e. The summed E-state index contributed by atoms with van der Waals surface area (Å²) in [6, 6.07) is 15.5. The first kappa shape index (κ1) is 22.6. The van der Waals surface area contributed by atoms with Gasteiger partial charge in [0, 0.05) is 11.6 Å². The number of ether oxygens (including phenoxy) is 2. The maximum atomic E-state index is 5.60. The smallest absolute Gasteiger partial charge is 0.164 e. The third-order valence-electron chi connectivity index (χ3n) is 6.10. The number of hydrogen-bond acceptors (Lipinski definition) is 4. The van der Waals surface area contributed by atoms with E-state index in [1.807, 2.05) is 6.07 Å². The molecule has 0 fully saturated rings. The van der Waals surface area contributed by atoms with E-state index in [0.29, 0.717) is 6.04 Å². The van der Waals surface area contributed by atoms with Gasteiger partial charge in [0.2, 0.25) is 0 Å². The van der Waals surface area contributed by atoms with Gasteiger partial charge in [0.25, 0.3) is 0 Å². The molecular weight excluding hydrogens is 372 g/mol. The first-order valence-corrected chi connectivity index (χ1v) is 11.5. The molecule has 4 nitrogen and oxygen atoms in total. The Morgan fingerprint density at radius 1 is 0.867 bits per heavy atom. The van der Waals surface area contributed by atoms with E-state index in [1.54, 1.807) is 14.2 Å². The fourth-order valence-electron chi connectivity index (χ4n) is 4.39. The lowest BCUT2D eigenvalue weighted by Crippen LogP contribution is -2.35. The minimum absolute atomic E-state index is 0.579. The summed E-state index contributed by atoms with van der Waals surface area (Å²) in [5, 5.41) is 7.34. The van der Waals surface area contributed by atoms with Gasteiger partial charge in [0.05, 0.1) is 14.2 Å². The van der Waals surface area contributed by atoms with Gasteiger partial charge >= 0.3 is 0 Å². The summed E-state index contributed by atoms with van der Waals surface area (Å²) in [6.45, 7) is 3.32. The second-order valence-electron chi connectivity index (χ2n) is 8.23. The summed E-state index contributed by atoms with van der Waals surface area (Å²) in [6.07, 6.45) is 9.58. The molecule has 1 aliphatic rings. The van der Waals surface area contributed by atoms with Crippen LogP contribution >= 0.6 is 0 Å². The molecule has 30 heavy (non-hydrogen) atoms. The molecule has 1 atom stereocenters. The van der Waals surface area contributed by atoms with Crippen LogP contribution in [0.25, 0.3) is 0 Å². The standard InChI is InChI=1S/C26H38N2O2/c1-29-25-15-12-22-20-23(13-14-24(22)26(25)30-2)28-18-9-4-3-8-17-27-19-16-21-10-6-5-7-11-21/h5-7,10-12,15,23,27-28H,3-4,8-9,13-14,16-20H2,1-2H3. The number of fused-ring (bicyclic) bond motifs is 1. The van der Waals surface area contributed by atoms with Gasteiger partial charge in [0.15, 0.2) is 11.5 Å². The summed E-state index contributed by atoms with van der Waals surface area (Å²) in [7, 11) is 3.44. The molecule has 0 heterocycles. The summed E-state index contributed by atoms with van der Waals surface area (Å²) in [5.74, 6) is 1.77. The Morgan fingerprint density at radius 2 is 1.67 bits per heavy atom. The lowest BCUT2D eigenvalue weighted by atomic mass is 9.87. The molecule has 1 aliphatic carbocycles. The van der Waals surface area contributed by atoms with Crippen LogP contribution < -0.4 is 20.1 Å². The normalized spacial score (nSPS) is 15.6. The SMILES string of the molecule is COc1ccc2c(c1OC)CCC(NCCCCCCNCCc1ccccc1)C2. The van der Waals surface area contributed by atoms with Crippen LogP contribution in [-0.2, 0) is 19.3 Å². The number of rotatable bonds is 13. The van der Waals surface area contributed by atoms with Gasteiger partial charge < -0.3 is 20.1 Å². The van der Waals surface area contributed by atoms with Gasteiger partial charge in [-0.05, 0) is 75.4 Å². The molecule has 3 rings (SSSR count). The van der Waals surface area contributed by atoms with Crippen LogP contribution in [0.4, 0.5) is 0 Å². The van der Waals surface area contributed by atoms with Crippen molar-refractivity contribution in [2.24, 2.45) is 0 Å². The van der Waals surface area contributed by atoms with Crippen molar-refractivity contribution >= 4 is 0 Å². The maximum absolute atomic E-state index is 5.60. The van der Waals surface area contributed by atoms with E-state index in [1.165, 1.54) is 48.8 Å². The van der Waals surface area contributed by atoms with Crippen LogP contribution in [0, 0.1) is 0 Å². The minimum atomic E-state index is 0.579. The van der Waals surface area contributed by atoms with E-state index in [2.05, 4.69) is 47.0 Å². The predicted octanol–water partition coefficient (Wildman–Crippen LogP) is 4.54. The predicted molar refractivity (Wildman–Crippen MR) is 125 cm³/mol. The molecule has 2 N–H and O–H groups in total. The van der Waals surface area contributed by atoms with Crippen LogP contribution in [0.15, 0.2) is 42.5 Å². The van der Waals surface area contributed by atoms with Crippen molar-refractivity contribution < 1.29 is 9.47 Å². The third-order valence-corrected chi connectivity index (χ3v) is 6.10. The van der Waals surface area contributed by atoms with E-state index >= 15 is 0 Å². The van der Waals surface area contributed by atoms with Crippen LogP contribution in [0.2, 0.25) is 0 Å². The first-order valence-electron chi connectivity index (χ1n) is 11.5. The summed E-state index contributed by atoms with van der Waals surface area (Å²) in [4.78, 5) is 0. The van der Waals surface area contributed by atoms with Gasteiger partial charge in [-0.25, -0.2) is 0 Å². The molecule has 1 unspecified atom stereocenters. The first-order chi connectivity index (χ1) is 14.8. The Kier molecular flexibility index (Phi) is 9.52. The molecule has 2 aromatic rings. The number of unbranched alkanes of at least 4 members (excludes halogenated alkanes) is 3. The lowest BCUT2D eigenvalue weighted by molar-refractivity contribution is 0.346. The van der Waals surface area contributed by atoms with Crippen molar-refractivity contribution in [3.8, 4) is 11.5 Å². The van der Waals surface area contributed by atoms with E-state index in [-0.39, 0.29) is 0 Å². The highest BCUT2D eigenvalue weighted by molar-refractivity contribution is 5.52. The summed E-state index contributed by atoms with van der Waals surface area (Å²) in [5.41, 5.74) is 4.15. The van der Waals surface area contributed by atoms with Crippen LogP contribution in [0.3, 0.4) is 0 Å². The van der Waals surface area contributed by atoms with E-state index in [4.69, 9.17) is 9.47 Å². The average Bonchev–Trinajstić information content (AvgIpc) is 2.80. The Hall–Kier alpha value is -2.04. The number of benzene rings is 2. The van der Waals surface area contributed by atoms with Crippen molar-refractivity contribution in [2.75, 3.05) is 33.9 Å². The van der Waals surface area contributed by atoms with Crippen molar-refractivity contribution in [2.45, 2.75) is 57.4 Å². The summed E-state index contributed by atoms with van der Waals surface area (Å²) >= 11 is 0. The van der Waals surface area contributed by atoms with E-state index in [9.17, 15) is 0 Å². The molecule has 0 bridgehead atoms. The van der Waals surface area contributed by atoms with Gasteiger partial charge in [0.1, 0.15) is 0 Å². The maximum Gasteiger partial charge on any atom is 0.164 e. The molecule has 0 spiro atoms. The molecule has 164 valence electrons. The molecule has 0 radical (unpaired) electrons. The van der Waals surface area contributed by atoms with E-state index in [0.717, 1.165) is 50.4 Å². The highest BCUT2D eigenvalue weighted by Gasteiger charge is 2.23. The Bertz CT molecular complexity index is 748. The molecule has 0 amide bonds. The zero-order valence-corrected chi connectivity index (χ0v) is 18.7. The second kappa shape index (κ2) is 12.6. The van der Waals surface area contributed by atoms with E-state index < -0.39 is 0 Å². The topological polar surface area (TPSA) is 42.5 Å². The van der Waals surface area contributed by atoms with Crippen molar-refractivity contribution in [3.63, 3.8) is 0 Å². The molecule has 0 saturated heterocycles. The molecule has 0 aromatic heterocycles. The molecule has 4 heteroatoms. The number of nitrogens with one attached hydrogen (secondary N) is 2. The molecule has 2 aromatic carbocycles.